The van der Waals surface area contributed by atoms with Gasteiger partial charge in [0.2, 0.25) is 5.91 Å². The maximum Gasteiger partial charge on any atom is 0.249 e. The number of aliphatic hydroxyl groups is 4. The van der Waals surface area contributed by atoms with E-state index in [1.54, 1.807) is 0 Å². The average molecular weight is 696 g/mol. The topological polar surface area (TPSA) is 110 Å². The molecule has 0 saturated heterocycles. The van der Waals surface area contributed by atoms with E-state index in [1.165, 1.54) is 167 Å². The minimum Gasteiger partial charge on any atom is -0.394 e. The number of unbranched alkanes of at least 4 members (excludes halogenated alkanes) is 28. The average Bonchev–Trinajstić information content (AvgIpc) is 3.11. The van der Waals surface area contributed by atoms with Crippen LogP contribution < -0.4 is 5.32 Å². The first-order valence-electron chi connectivity index (χ1n) is 21.6. The summed E-state index contributed by atoms with van der Waals surface area (Å²) in [5, 5.41) is 42.5. The molecular formula is C43H85NO5. The Labute approximate surface area is 304 Å². The van der Waals surface area contributed by atoms with Gasteiger partial charge in [0, 0.05) is 0 Å². The number of amides is 1. The molecule has 0 heterocycles. The highest BCUT2D eigenvalue weighted by molar-refractivity contribution is 5.80. The second kappa shape index (κ2) is 38.3. The Kier molecular flexibility index (Phi) is 37.5. The van der Waals surface area contributed by atoms with E-state index in [9.17, 15) is 25.2 Å². The first-order chi connectivity index (χ1) is 24.0. The van der Waals surface area contributed by atoms with Crippen LogP contribution in [0.4, 0.5) is 0 Å². The summed E-state index contributed by atoms with van der Waals surface area (Å²) in [5.41, 5.74) is 0. The van der Waals surface area contributed by atoms with Gasteiger partial charge in [-0.1, -0.05) is 199 Å². The quantitative estimate of drug-likeness (QED) is 0.0325. The van der Waals surface area contributed by atoms with Gasteiger partial charge in [-0.15, -0.1) is 0 Å². The summed E-state index contributed by atoms with van der Waals surface area (Å²) in [6.45, 7) is 3.80. The molecule has 49 heavy (non-hydrogen) atoms. The van der Waals surface area contributed by atoms with Gasteiger partial charge in [0.1, 0.15) is 12.2 Å². The smallest absolute Gasteiger partial charge is 0.249 e. The minimum absolute atomic E-state index is 0.370. The number of carbonyl (C=O) groups excluding carboxylic acids is 1. The standard InChI is InChI=1S/C43H85NO5/c1-3-5-7-8-9-10-11-12-13-14-15-16-17-18-19-20-21-22-23-24-25-26-27-28-29-30-31-32-33-34-35-37-41(47)43(49)44-39(38-45)42(48)40(46)36-6-4-2/h18-19,39-42,45-48H,3-17,20-38H2,1-2H3,(H,44,49)/b19-18-. The van der Waals surface area contributed by atoms with Crippen LogP contribution in [-0.2, 0) is 4.79 Å². The second-order valence-electron chi connectivity index (χ2n) is 15.0. The first-order valence-corrected chi connectivity index (χ1v) is 21.6. The molecule has 0 bridgehead atoms. The number of aliphatic hydroxyl groups excluding tert-OH is 4. The van der Waals surface area contributed by atoms with Gasteiger partial charge in [0.05, 0.1) is 18.8 Å². The SMILES string of the molecule is CCCCCCCCCCCCCC/C=C\CCCCCCCCCCCCCCCCCC(O)C(=O)NC(CO)C(O)C(O)CCCC. The van der Waals surface area contributed by atoms with Crippen LogP contribution in [0.25, 0.3) is 0 Å². The van der Waals surface area contributed by atoms with E-state index in [0.29, 0.717) is 12.8 Å². The number of hydrogen-bond donors (Lipinski definition) is 5. The van der Waals surface area contributed by atoms with Crippen LogP contribution in [0.15, 0.2) is 12.2 Å². The lowest BCUT2D eigenvalue weighted by Crippen LogP contribution is -2.53. The normalized spacial score (nSPS) is 14.3. The molecule has 0 rings (SSSR count). The molecule has 0 fully saturated rings. The number of hydrogen-bond acceptors (Lipinski definition) is 5. The van der Waals surface area contributed by atoms with Crippen molar-refractivity contribution in [3.05, 3.63) is 12.2 Å². The van der Waals surface area contributed by atoms with Crippen LogP contribution in [0, 0.1) is 0 Å². The Morgan fingerprint density at radius 1 is 0.490 bits per heavy atom. The summed E-state index contributed by atoms with van der Waals surface area (Å²) in [4.78, 5) is 12.3. The van der Waals surface area contributed by atoms with E-state index in [2.05, 4.69) is 24.4 Å². The zero-order valence-electron chi connectivity index (χ0n) is 32.7. The van der Waals surface area contributed by atoms with Crippen molar-refractivity contribution >= 4 is 5.91 Å². The Morgan fingerprint density at radius 2 is 0.837 bits per heavy atom. The molecule has 0 aromatic carbocycles. The Balaban J connectivity index is 3.41. The Bertz CT molecular complexity index is 702. The minimum atomic E-state index is -1.25. The highest BCUT2D eigenvalue weighted by atomic mass is 16.3. The fourth-order valence-electron chi connectivity index (χ4n) is 6.74. The highest BCUT2D eigenvalue weighted by Gasteiger charge is 2.28. The van der Waals surface area contributed by atoms with Crippen molar-refractivity contribution in [3.63, 3.8) is 0 Å². The van der Waals surface area contributed by atoms with Gasteiger partial charge in [-0.2, -0.15) is 0 Å². The van der Waals surface area contributed by atoms with Crippen molar-refractivity contribution in [2.24, 2.45) is 0 Å². The highest BCUT2D eigenvalue weighted by Crippen LogP contribution is 2.16. The van der Waals surface area contributed by atoms with Gasteiger partial charge in [-0.05, 0) is 38.5 Å². The molecule has 292 valence electrons. The maximum atomic E-state index is 12.3. The third-order valence-electron chi connectivity index (χ3n) is 10.2. The third-order valence-corrected chi connectivity index (χ3v) is 10.2. The van der Waals surface area contributed by atoms with Crippen molar-refractivity contribution in [1.29, 1.82) is 0 Å². The van der Waals surface area contributed by atoms with Gasteiger partial charge >= 0.3 is 0 Å². The lowest BCUT2D eigenvalue weighted by Gasteiger charge is -2.27. The monoisotopic (exact) mass is 696 g/mol. The molecule has 4 unspecified atom stereocenters. The van der Waals surface area contributed by atoms with Crippen LogP contribution in [0.5, 0.6) is 0 Å². The van der Waals surface area contributed by atoms with E-state index >= 15 is 0 Å². The van der Waals surface area contributed by atoms with Crippen molar-refractivity contribution in [1.82, 2.24) is 5.32 Å². The number of carbonyl (C=O) groups is 1. The van der Waals surface area contributed by atoms with Crippen molar-refractivity contribution in [2.45, 2.75) is 250 Å². The zero-order valence-corrected chi connectivity index (χ0v) is 32.7. The van der Waals surface area contributed by atoms with Gasteiger partial charge in [0.25, 0.3) is 0 Å². The predicted molar refractivity (Wildman–Crippen MR) is 210 cm³/mol. The van der Waals surface area contributed by atoms with Crippen LogP contribution in [0.2, 0.25) is 0 Å². The molecule has 0 spiro atoms. The first kappa shape index (κ1) is 48.0. The van der Waals surface area contributed by atoms with Gasteiger partial charge in [-0.25, -0.2) is 0 Å². The molecular weight excluding hydrogens is 610 g/mol. The second-order valence-corrected chi connectivity index (χ2v) is 15.0. The molecule has 0 aromatic heterocycles. The Morgan fingerprint density at radius 3 is 1.20 bits per heavy atom. The molecule has 0 aliphatic heterocycles. The third kappa shape index (κ3) is 32.7. The van der Waals surface area contributed by atoms with Gasteiger partial charge in [0.15, 0.2) is 0 Å². The van der Waals surface area contributed by atoms with Gasteiger partial charge in [-0.3, -0.25) is 4.79 Å². The molecule has 0 radical (unpaired) electrons. The van der Waals surface area contributed by atoms with Crippen LogP contribution in [0.1, 0.15) is 226 Å². The lowest BCUT2D eigenvalue weighted by molar-refractivity contribution is -0.132. The predicted octanol–water partition coefficient (Wildman–Crippen LogP) is 11.0. The largest absolute Gasteiger partial charge is 0.394 e. The van der Waals surface area contributed by atoms with E-state index in [1.807, 2.05) is 6.92 Å². The summed E-state index contributed by atoms with van der Waals surface area (Å²) >= 11 is 0. The van der Waals surface area contributed by atoms with E-state index in [-0.39, 0.29) is 0 Å². The van der Waals surface area contributed by atoms with Crippen LogP contribution in [0.3, 0.4) is 0 Å². The van der Waals surface area contributed by atoms with E-state index < -0.39 is 36.9 Å². The molecule has 1 amide bonds. The maximum absolute atomic E-state index is 12.3. The van der Waals surface area contributed by atoms with Crippen molar-refractivity contribution in [3.8, 4) is 0 Å². The molecule has 0 aliphatic carbocycles. The lowest BCUT2D eigenvalue weighted by atomic mass is 10.0. The van der Waals surface area contributed by atoms with Gasteiger partial charge < -0.3 is 25.7 Å². The van der Waals surface area contributed by atoms with Crippen LogP contribution in [-0.4, -0.2) is 57.3 Å². The van der Waals surface area contributed by atoms with E-state index in [0.717, 1.165) is 32.1 Å². The fraction of sp³-hybridized carbons (Fsp3) is 0.930. The molecule has 0 saturated carbocycles. The summed E-state index contributed by atoms with van der Waals surface area (Å²) in [6.07, 6.45) is 42.5. The molecule has 0 aliphatic rings. The summed E-state index contributed by atoms with van der Waals surface area (Å²) in [5.74, 6) is -0.594. The van der Waals surface area contributed by atoms with Crippen molar-refractivity contribution < 1.29 is 25.2 Å². The molecule has 0 aromatic rings. The fourth-order valence-corrected chi connectivity index (χ4v) is 6.74. The van der Waals surface area contributed by atoms with Crippen molar-refractivity contribution in [2.75, 3.05) is 6.61 Å². The Hall–Kier alpha value is -0.950. The molecule has 5 N–H and O–H groups in total. The summed E-state index contributed by atoms with van der Waals surface area (Å²) < 4.78 is 0. The molecule has 4 atom stereocenters. The van der Waals surface area contributed by atoms with Crippen LogP contribution >= 0.6 is 0 Å². The number of allylic oxidation sites excluding steroid dienone is 2. The molecule has 6 heteroatoms. The number of nitrogens with one attached hydrogen (secondary N) is 1. The van der Waals surface area contributed by atoms with E-state index in [4.69, 9.17) is 0 Å². The number of rotatable bonds is 39. The summed E-state index contributed by atoms with van der Waals surface area (Å²) in [7, 11) is 0. The summed E-state index contributed by atoms with van der Waals surface area (Å²) in [6, 6.07) is -0.977. The molecule has 6 nitrogen and oxygen atoms in total. The zero-order chi connectivity index (χ0) is 36.0.